The van der Waals surface area contributed by atoms with Crippen LogP contribution in [0.2, 0.25) is 6.32 Å². The van der Waals surface area contributed by atoms with Crippen molar-refractivity contribution in [3.8, 4) is 0 Å². The van der Waals surface area contributed by atoms with Crippen molar-refractivity contribution in [2.75, 3.05) is 11.1 Å². The predicted molar refractivity (Wildman–Crippen MR) is 41.7 cm³/mol. The molecule has 0 rings (SSSR count). The van der Waals surface area contributed by atoms with E-state index in [1.165, 1.54) is 0 Å². The minimum absolute atomic E-state index is 0.153. The molecule has 0 nitrogen and oxygen atoms in total. The van der Waals surface area contributed by atoms with Gasteiger partial charge in [0.05, 0.1) is 6.67 Å². The Morgan fingerprint density at radius 3 is 2.29 bits per heavy atom. The van der Waals surface area contributed by atoms with Crippen molar-refractivity contribution < 1.29 is 4.39 Å². The van der Waals surface area contributed by atoms with Gasteiger partial charge in [-0.3, -0.25) is 4.39 Å². The quantitative estimate of drug-likeness (QED) is 0.374. The zero-order valence-corrected chi connectivity index (χ0v) is 6.61. The van der Waals surface area contributed by atoms with E-state index in [1.807, 2.05) is 7.85 Å². The molecule has 0 saturated heterocycles. The van der Waals surface area contributed by atoms with E-state index in [9.17, 15) is 4.39 Å². The second-order valence-corrected chi connectivity index (χ2v) is 2.46. The van der Waals surface area contributed by atoms with Crippen LogP contribution in [0.5, 0.6) is 0 Å². The molecule has 0 bridgehead atoms. The van der Waals surface area contributed by atoms with Crippen molar-refractivity contribution in [1.82, 2.24) is 0 Å². The third kappa shape index (κ3) is 3.32. The minimum atomic E-state index is -0.153. The molecule has 1 atom stereocenters. The molecule has 0 saturated carbocycles. The molecule has 0 heterocycles. The Morgan fingerprint density at radius 1 is 1.71 bits per heavy atom. The first-order valence-electron chi connectivity index (χ1n) is 2.47. The fourth-order valence-electron chi connectivity index (χ4n) is 0.259. The molecule has 0 N–H and O–H groups in total. The molecule has 7 heavy (non-hydrogen) atoms. The Hall–Kier alpha value is 0.725. The molecular weight excluding hydrogens is 205 g/mol. The highest BCUT2D eigenvalue weighted by molar-refractivity contribution is 14.1. The normalized spacial score (nSPS) is 14.0. The molecule has 0 aliphatic heterocycles. The van der Waals surface area contributed by atoms with Crippen molar-refractivity contribution in [3.63, 3.8) is 0 Å². The van der Waals surface area contributed by atoms with E-state index >= 15 is 0 Å². The summed E-state index contributed by atoms with van der Waals surface area (Å²) in [4.78, 5) is 0. The summed E-state index contributed by atoms with van der Waals surface area (Å²) in [5.41, 5.74) is 0. The van der Waals surface area contributed by atoms with E-state index in [4.69, 9.17) is 0 Å². The summed E-state index contributed by atoms with van der Waals surface area (Å²) < 4.78 is 12.6. The lowest BCUT2D eigenvalue weighted by molar-refractivity contribution is 0.412. The Balaban J connectivity index is 2.99. The average molecular weight is 214 g/mol. The fourth-order valence-corrected chi connectivity index (χ4v) is 1.12. The Bertz CT molecular complexity index is 33.2. The maximum Gasteiger partial charge on any atom is 0.101 e. The largest absolute Gasteiger partial charge is 0.251 e. The molecule has 0 aliphatic carbocycles. The molecule has 0 amide bonds. The molecule has 0 aromatic carbocycles. The van der Waals surface area contributed by atoms with Gasteiger partial charge in [-0.2, -0.15) is 0 Å². The summed E-state index contributed by atoms with van der Waals surface area (Å²) in [6.45, 7) is -0.153. The molecule has 0 aliphatic rings. The van der Waals surface area contributed by atoms with Crippen LogP contribution in [-0.4, -0.2) is 18.9 Å². The first kappa shape index (κ1) is 7.72. The smallest absolute Gasteiger partial charge is 0.101 e. The van der Waals surface area contributed by atoms with E-state index in [-0.39, 0.29) is 6.67 Å². The first-order valence-corrected chi connectivity index (χ1v) is 3.99. The fraction of sp³-hybridized carbons (Fsp3) is 1.00. The van der Waals surface area contributed by atoms with Crippen LogP contribution < -0.4 is 0 Å². The van der Waals surface area contributed by atoms with Gasteiger partial charge in [-0.05, 0) is 5.92 Å². The number of halogens is 2. The highest BCUT2D eigenvalue weighted by Crippen LogP contribution is 2.05. The summed E-state index contributed by atoms with van der Waals surface area (Å²) in [6.07, 6.45) is 0.972. The van der Waals surface area contributed by atoms with Crippen molar-refractivity contribution >= 4 is 30.4 Å². The molecule has 0 aromatic rings. The van der Waals surface area contributed by atoms with Gasteiger partial charge in [0.1, 0.15) is 7.85 Å². The van der Waals surface area contributed by atoms with Crippen LogP contribution >= 0.6 is 22.6 Å². The first-order chi connectivity index (χ1) is 3.35. The third-order valence-electron chi connectivity index (χ3n) is 1.01. The van der Waals surface area contributed by atoms with Crippen LogP contribution in [0.4, 0.5) is 4.39 Å². The molecule has 1 unspecified atom stereocenters. The number of hydrogen-bond acceptors (Lipinski definition) is 0. The maximum atomic E-state index is 11.7. The minimum Gasteiger partial charge on any atom is -0.251 e. The van der Waals surface area contributed by atoms with Crippen LogP contribution in [0.25, 0.3) is 0 Å². The van der Waals surface area contributed by atoms with Gasteiger partial charge in [0, 0.05) is 4.43 Å². The summed E-state index contributed by atoms with van der Waals surface area (Å²) in [5.74, 6) is 0.306. The van der Waals surface area contributed by atoms with Crippen LogP contribution in [0.1, 0.15) is 0 Å². The molecule has 0 spiro atoms. The van der Waals surface area contributed by atoms with Crippen LogP contribution in [-0.2, 0) is 0 Å². The third-order valence-corrected chi connectivity index (χ3v) is 2.26. The summed E-state index contributed by atoms with van der Waals surface area (Å²) >= 11 is 2.21. The van der Waals surface area contributed by atoms with Crippen molar-refractivity contribution in [2.45, 2.75) is 6.32 Å². The van der Waals surface area contributed by atoms with Gasteiger partial charge in [-0.1, -0.05) is 28.9 Å². The lowest BCUT2D eigenvalue weighted by Gasteiger charge is -2.01. The van der Waals surface area contributed by atoms with Crippen LogP contribution in [0.3, 0.4) is 0 Å². The van der Waals surface area contributed by atoms with Gasteiger partial charge in [-0.25, -0.2) is 0 Å². The van der Waals surface area contributed by atoms with Crippen molar-refractivity contribution in [2.24, 2.45) is 5.92 Å². The van der Waals surface area contributed by atoms with E-state index in [0.717, 1.165) is 10.7 Å². The SMILES string of the molecule is BCC(CF)CI. The summed E-state index contributed by atoms with van der Waals surface area (Å²) in [7, 11) is 2.02. The highest BCUT2D eigenvalue weighted by atomic mass is 127. The standard InChI is InChI=1S/C4H9BFI/c5-1-4(2-6)3-7/h4H,1-3,5H2. The molecule has 42 valence electrons. The van der Waals surface area contributed by atoms with Gasteiger partial charge >= 0.3 is 0 Å². The Morgan fingerprint density at radius 2 is 2.29 bits per heavy atom. The second-order valence-electron chi connectivity index (χ2n) is 1.58. The van der Waals surface area contributed by atoms with Gasteiger partial charge in [-0.15, -0.1) is 0 Å². The highest BCUT2D eigenvalue weighted by Gasteiger charge is 1.99. The zero-order chi connectivity index (χ0) is 5.70. The molecule has 0 fully saturated rings. The monoisotopic (exact) mass is 214 g/mol. The molecule has 0 aromatic heterocycles. The van der Waals surface area contributed by atoms with E-state index in [1.54, 1.807) is 0 Å². The number of rotatable bonds is 3. The maximum absolute atomic E-state index is 11.7. The van der Waals surface area contributed by atoms with Gasteiger partial charge in [0.2, 0.25) is 0 Å². The van der Waals surface area contributed by atoms with Gasteiger partial charge < -0.3 is 0 Å². The zero-order valence-electron chi connectivity index (χ0n) is 4.45. The van der Waals surface area contributed by atoms with Crippen LogP contribution in [0.15, 0.2) is 0 Å². The number of alkyl halides is 2. The van der Waals surface area contributed by atoms with Crippen molar-refractivity contribution in [3.05, 3.63) is 0 Å². The van der Waals surface area contributed by atoms with Gasteiger partial charge in [0.25, 0.3) is 0 Å². The van der Waals surface area contributed by atoms with Gasteiger partial charge in [0.15, 0.2) is 0 Å². The predicted octanol–water partition coefficient (Wildman–Crippen LogP) is 1.06. The second kappa shape index (κ2) is 4.87. The molecule has 0 radical (unpaired) electrons. The Kier molecular flexibility index (Phi) is 5.38. The van der Waals surface area contributed by atoms with Crippen LogP contribution in [0, 0.1) is 5.92 Å². The summed E-state index contributed by atoms with van der Waals surface area (Å²) in [5, 5.41) is 0. The topological polar surface area (TPSA) is 0 Å². The van der Waals surface area contributed by atoms with E-state index < -0.39 is 0 Å². The molecule has 3 heteroatoms. The number of hydrogen-bond donors (Lipinski definition) is 0. The Labute approximate surface area is 58.4 Å². The van der Waals surface area contributed by atoms with Crippen molar-refractivity contribution in [1.29, 1.82) is 0 Å². The van der Waals surface area contributed by atoms with E-state index in [2.05, 4.69) is 22.6 Å². The average Bonchev–Trinajstić information content (AvgIpc) is 1.72. The lowest BCUT2D eigenvalue weighted by Crippen LogP contribution is -2.01. The van der Waals surface area contributed by atoms with E-state index in [0.29, 0.717) is 5.92 Å². The lowest BCUT2D eigenvalue weighted by atomic mass is 9.94. The molecular formula is C4H9BFI. The summed E-state index contributed by atoms with van der Waals surface area (Å²) in [6, 6.07) is 0.